The van der Waals surface area contributed by atoms with Crippen LogP contribution in [-0.4, -0.2) is 21.7 Å². The summed E-state index contributed by atoms with van der Waals surface area (Å²) in [6.45, 7) is 2.76. The zero-order valence-corrected chi connectivity index (χ0v) is 15.6. The van der Waals surface area contributed by atoms with Gasteiger partial charge in [-0.1, -0.05) is 24.3 Å². The molecule has 7 nitrogen and oxygen atoms in total. The molecule has 0 radical (unpaired) electrons. The average molecular weight is 381 g/mol. The molecule has 0 bridgehead atoms. The lowest BCUT2D eigenvalue weighted by atomic mass is 9.94. The van der Waals surface area contributed by atoms with Gasteiger partial charge in [-0.25, -0.2) is 4.79 Å². The van der Waals surface area contributed by atoms with Crippen LogP contribution >= 0.6 is 11.3 Å². The Kier molecular flexibility index (Phi) is 4.19. The quantitative estimate of drug-likeness (QED) is 0.645. The smallest absolute Gasteiger partial charge is 0.317 e. The van der Waals surface area contributed by atoms with Crippen LogP contribution in [0.3, 0.4) is 0 Å². The number of rotatable bonds is 4. The Morgan fingerprint density at radius 3 is 2.74 bits per heavy atom. The van der Waals surface area contributed by atoms with Crippen LogP contribution in [0.4, 0.5) is 9.80 Å². The van der Waals surface area contributed by atoms with Gasteiger partial charge in [0.2, 0.25) is 0 Å². The highest BCUT2D eigenvalue weighted by Gasteiger charge is 2.29. The Hall–Kier alpha value is -3.13. The average Bonchev–Trinajstić information content (AvgIpc) is 3.16. The number of thiophene rings is 1. The molecule has 4 rings (SSSR count). The minimum absolute atomic E-state index is 0.353. The summed E-state index contributed by atoms with van der Waals surface area (Å²) in [5.74, 6) is -0.563. The number of aryl methyl sites for hydroxylation is 2. The number of nitrogens with two attached hydrogens (primary N) is 2. The summed E-state index contributed by atoms with van der Waals surface area (Å²) < 4.78 is 1.92. The summed E-state index contributed by atoms with van der Waals surface area (Å²) in [7, 11) is 0. The molecule has 0 aliphatic heterocycles. The molecule has 0 atom stereocenters. The van der Waals surface area contributed by atoms with Crippen LogP contribution in [0.25, 0.3) is 10.4 Å². The van der Waals surface area contributed by atoms with Gasteiger partial charge in [-0.15, -0.1) is 11.3 Å². The third-order valence-corrected chi connectivity index (χ3v) is 5.96. The molecule has 1 aliphatic carbocycles. The molecule has 27 heavy (non-hydrogen) atoms. The highest BCUT2D eigenvalue weighted by atomic mass is 32.1. The Labute approximate surface area is 160 Å². The molecule has 5 N–H and O–H groups in total. The van der Waals surface area contributed by atoms with E-state index in [9.17, 15) is 9.59 Å². The Morgan fingerprint density at radius 1 is 1.26 bits per heavy atom. The molecule has 3 amide bonds. The molecule has 0 saturated carbocycles. The van der Waals surface area contributed by atoms with E-state index in [1.54, 1.807) is 0 Å². The first-order valence-electron chi connectivity index (χ1n) is 8.57. The fraction of sp³-hybridized carbons (Fsp3) is 0.211. The number of amides is 3. The summed E-state index contributed by atoms with van der Waals surface area (Å²) in [5, 5.41) is 7.65. The number of nitrogens with zero attached hydrogens (tertiary/aromatic N) is 2. The van der Waals surface area contributed by atoms with Gasteiger partial charge in [0.25, 0.3) is 5.91 Å². The third-order valence-electron chi connectivity index (χ3n) is 4.78. The molecule has 1 aromatic carbocycles. The SMILES string of the molecule is Cc1ccccc1Cn1cc2c(n1)CCc1c-2sc(NC(N)=O)c1C(N)=O. The first kappa shape index (κ1) is 17.3. The highest BCUT2D eigenvalue weighted by Crippen LogP contribution is 2.44. The Balaban J connectivity index is 1.75. The lowest BCUT2D eigenvalue weighted by molar-refractivity contribution is 0.100. The summed E-state index contributed by atoms with van der Waals surface area (Å²) in [4.78, 5) is 24.2. The minimum Gasteiger partial charge on any atom is -0.365 e. The predicted molar refractivity (Wildman–Crippen MR) is 105 cm³/mol. The fourth-order valence-corrected chi connectivity index (χ4v) is 4.79. The number of nitrogens with one attached hydrogen (secondary N) is 1. The van der Waals surface area contributed by atoms with Crippen molar-refractivity contribution in [3.8, 4) is 10.4 Å². The van der Waals surface area contributed by atoms with Gasteiger partial charge in [0.05, 0.1) is 17.8 Å². The molecule has 1 aliphatic rings. The molecular formula is C19H19N5O2S. The van der Waals surface area contributed by atoms with Crippen LogP contribution in [-0.2, 0) is 19.4 Å². The summed E-state index contributed by atoms with van der Waals surface area (Å²) in [5.41, 5.74) is 16.4. The maximum absolute atomic E-state index is 11.9. The molecule has 0 saturated heterocycles. The third kappa shape index (κ3) is 3.08. The van der Waals surface area contributed by atoms with Crippen LogP contribution in [0.1, 0.15) is 32.7 Å². The van der Waals surface area contributed by atoms with Crippen LogP contribution < -0.4 is 16.8 Å². The Morgan fingerprint density at radius 2 is 2.04 bits per heavy atom. The van der Waals surface area contributed by atoms with Gasteiger partial charge in [-0.2, -0.15) is 5.10 Å². The van der Waals surface area contributed by atoms with Gasteiger partial charge < -0.3 is 11.5 Å². The lowest BCUT2D eigenvalue weighted by Crippen LogP contribution is -2.22. The number of carbonyl (C=O) groups is 2. The normalized spacial score (nSPS) is 12.3. The van der Waals surface area contributed by atoms with Crippen molar-refractivity contribution < 1.29 is 9.59 Å². The number of anilines is 1. The lowest BCUT2D eigenvalue weighted by Gasteiger charge is -2.11. The molecule has 2 aromatic heterocycles. The minimum atomic E-state index is -0.716. The molecule has 0 fully saturated rings. The number of aromatic nitrogens is 2. The van der Waals surface area contributed by atoms with E-state index in [1.807, 2.05) is 23.0 Å². The first-order valence-corrected chi connectivity index (χ1v) is 9.39. The number of hydrogen-bond acceptors (Lipinski definition) is 4. The maximum atomic E-state index is 11.9. The molecular weight excluding hydrogens is 362 g/mol. The molecule has 0 spiro atoms. The molecule has 138 valence electrons. The summed E-state index contributed by atoms with van der Waals surface area (Å²) >= 11 is 1.32. The van der Waals surface area contributed by atoms with Gasteiger partial charge in [0, 0.05) is 16.6 Å². The number of carbonyl (C=O) groups excluding carboxylic acids is 2. The van der Waals surface area contributed by atoms with Crippen molar-refractivity contribution in [3.63, 3.8) is 0 Å². The van der Waals surface area contributed by atoms with Crippen molar-refractivity contribution in [2.75, 3.05) is 5.32 Å². The van der Waals surface area contributed by atoms with Crippen molar-refractivity contribution in [2.45, 2.75) is 26.3 Å². The standard InChI is InChI=1S/C19H19N5O2S/c1-10-4-2-3-5-11(10)8-24-9-13-14(23-24)7-6-12-15(17(20)25)18(22-19(21)26)27-16(12)13/h2-5,9H,6-8H2,1H3,(H2,20,25)(H3,21,22,26). The molecule has 3 aromatic rings. The van der Waals surface area contributed by atoms with Gasteiger partial charge >= 0.3 is 6.03 Å². The van der Waals surface area contributed by atoms with E-state index in [1.165, 1.54) is 22.5 Å². The van der Waals surface area contributed by atoms with E-state index < -0.39 is 11.9 Å². The number of fused-ring (bicyclic) bond motifs is 3. The van der Waals surface area contributed by atoms with E-state index in [0.29, 0.717) is 23.5 Å². The van der Waals surface area contributed by atoms with Crippen molar-refractivity contribution >= 4 is 28.3 Å². The van der Waals surface area contributed by atoms with E-state index in [4.69, 9.17) is 16.6 Å². The van der Waals surface area contributed by atoms with Crippen molar-refractivity contribution in [2.24, 2.45) is 11.5 Å². The topological polar surface area (TPSA) is 116 Å². The summed E-state index contributed by atoms with van der Waals surface area (Å²) in [6.07, 6.45) is 3.37. The molecule has 0 unspecified atom stereocenters. The van der Waals surface area contributed by atoms with Crippen molar-refractivity contribution in [1.82, 2.24) is 9.78 Å². The summed E-state index contributed by atoms with van der Waals surface area (Å²) in [6, 6.07) is 7.49. The molecule has 8 heteroatoms. The second kappa shape index (κ2) is 6.55. The maximum Gasteiger partial charge on any atom is 0.317 e. The number of benzene rings is 1. The van der Waals surface area contributed by atoms with E-state index >= 15 is 0 Å². The Bertz CT molecular complexity index is 1070. The van der Waals surface area contributed by atoms with Crippen molar-refractivity contribution in [1.29, 1.82) is 0 Å². The second-order valence-corrected chi connectivity index (χ2v) is 7.60. The number of urea groups is 1. The van der Waals surface area contributed by atoms with Crippen molar-refractivity contribution in [3.05, 3.63) is 58.4 Å². The first-order chi connectivity index (χ1) is 12.9. The highest BCUT2D eigenvalue weighted by molar-refractivity contribution is 7.20. The van der Waals surface area contributed by atoms with E-state index in [0.717, 1.165) is 28.1 Å². The van der Waals surface area contributed by atoms with Crippen LogP contribution in [0.15, 0.2) is 30.5 Å². The molecule has 2 heterocycles. The largest absolute Gasteiger partial charge is 0.365 e. The van der Waals surface area contributed by atoms with E-state index in [-0.39, 0.29) is 0 Å². The number of hydrogen-bond donors (Lipinski definition) is 3. The second-order valence-electron chi connectivity index (χ2n) is 6.58. The van der Waals surface area contributed by atoms with E-state index in [2.05, 4.69) is 24.4 Å². The zero-order valence-electron chi connectivity index (χ0n) is 14.8. The zero-order chi connectivity index (χ0) is 19.1. The van der Waals surface area contributed by atoms with Crippen LogP contribution in [0.2, 0.25) is 0 Å². The number of primary amides is 2. The van der Waals surface area contributed by atoms with Gasteiger partial charge in [0.1, 0.15) is 5.00 Å². The van der Waals surface area contributed by atoms with Gasteiger partial charge in [-0.3, -0.25) is 14.8 Å². The monoisotopic (exact) mass is 381 g/mol. The van der Waals surface area contributed by atoms with Gasteiger partial charge in [-0.05, 0) is 36.5 Å². The van der Waals surface area contributed by atoms with Crippen LogP contribution in [0, 0.1) is 6.92 Å². The fourth-order valence-electron chi connectivity index (χ4n) is 3.50. The van der Waals surface area contributed by atoms with Crippen LogP contribution in [0.5, 0.6) is 0 Å². The predicted octanol–water partition coefficient (Wildman–Crippen LogP) is 2.66. The van der Waals surface area contributed by atoms with Gasteiger partial charge in [0.15, 0.2) is 0 Å².